The third-order valence-corrected chi connectivity index (χ3v) is 6.64. The van der Waals surface area contributed by atoms with E-state index in [2.05, 4.69) is 12.1 Å². The minimum absolute atomic E-state index is 0.924. The Bertz CT molecular complexity index is 286. The molecule has 3 rings (SSSR count). The molecule has 21 heavy (non-hydrogen) atoms. The van der Waals surface area contributed by atoms with Crippen LogP contribution in [0.15, 0.2) is 12.1 Å². The summed E-state index contributed by atoms with van der Waals surface area (Å²) in [5.74, 6) is 5.72. The van der Waals surface area contributed by atoms with Gasteiger partial charge in [-0.2, -0.15) is 0 Å². The van der Waals surface area contributed by atoms with E-state index in [4.69, 9.17) is 0 Å². The molecule has 0 aliphatic heterocycles. The van der Waals surface area contributed by atoms with Crippen LogP contribution >= 0.6 is 0 Å². The maximum Gasteiger partial charge on any atom is 0.172 e. The Labute approximate surface area is 133 Å². The van der Waals surface area contributed by atoms with Crippen molar-refractivity contribution in [3.8, 4) is 0 Å². The predicted molar refractivity (Wildman–Crippen MR) is 95.1 cm³/mol. The molecule has 0 N–H and O–H groups in total. The van der Waals surface area contributed by atoms with Crippen LogP contribution < -0.4 is 0 Å². The Hall–Kier alpha value is -0.195. The quantitative estimate of drug-likeness (QED) is 0.497. The minimum atomic E-state index is 0.924. The highest BCUT2D eigenvalue weighted by molar-refractivity contribution is 6.67. The first kappa shape index (κ1) is 15.7. The molecule has 3 aliphatic rings. The van der Waals surface area contributed by atoms with Gasteiger partial charge in [-0.15, -0.1) is 5.98 Å². The standard InChI is InChI=1S/C20H35B/c1-4-10-18(11-5-1)16-17-21(19-12-6-2-7-13-19)20-14-8-3-9-15-20/h16-20H,1-15H2/b17-16+. The van der Waals surface area contributed by atoms with Crippen LogP contribution in [0.5, 0.6) is 0 Å². The number of hydrogen-bond acceptors (Lipinski definition) is 0. The van der Waals surface area contributed by atoms with Crippen LogP contribution in [0.1, 0.15) is 96.3 Å². The van der Waals surface area contributed by atoms with E-state index < -0.39 is 0 Å². The minimum Gasteiger partial charge on any atom is -0.118 e. The topological polar surface area (TPSA) is 0 Å². The second kappa shape index (κ2) is 8.44. The van der Waals surface area contributed by atoms with Crippen LogP contribution in [0, 0.1) is 5.92 Å². The predicted octanol–water partition coefficient (Wildman–Crippen LogP) is 6.83. The average Bonchev–Trinajstić information content (AvgIpc) is 2.58. The van der Waals surface area contributed by atoms with Crippen LogP contribution in [-0.2, 0) is 0 Å². The number of hydrogen-bond donors (Lipinski definition) is 0. The molecule has 3 fully saturated rings. The second-order valence-corrected chi connectivity index (χ2v) is 8.16. The third kappa shape index (κ3) is 4.63. The fraction of sp³-hybridized carbons (Fsp3) is 0.900. The van der Waals surface area contributed by atoms with Crippen molar-refractivity contribution in [1.29, 1.82) is 0 Å². The first-order valence-electron chi connectivity index (χ1n) is 10.1. The van der Waals surface area contributed by atoms with Crippen molar-refractivity contribution in [2.24, 2.45) is 5.92 Å². The molecule has 0 aromatic rings. The molecule has 0 saturated heterocycles. The first-order chi connectivity index (χ1) is 10.4. The Balaban J connectivity index is 1.63. The molecule has 0 nitrogen and oxygen atoms in total. The summed E-state index contributed by atoms with van der Waals surface area (Å²) in [7, 11) is 0. The molecule has 1 heteroatoms. The Kier molecular flexibility index (Phi) is 6.31. The van der Waals surface area contributed by atoms with Gasteiger partial charge in [-0.25, -0.2) is 0 Å². The highest BCUT2D eigenvalue weighted by Crippen LogP contribution is 2.42. The highest BCUT2D eigenvalue weighted by Gasteiger charge is 2.32. The van der Waals surface area contributed by atoms with Gasteiger partial charge in [-0.05, 0) is 18.8 Å². The van der Waals surface area contributed by atoms with Crippen LogP contribution in [0.3, 0.4) is 0 Å². The van der Waals surface area contributed by atoms with Crippen LogP contribution in [0.25, 0.3) is 0 Å². The molecule has 0 amide bonds. The third-order valence-electron chi connectivity index (χ3n) is 6.64. The van der Waals surface area contributed by atoms with E-state index in [0.29, 0.717) is 0 Å². The fourth-order valence-electron chi connectivity index (χ4n) is 5.35. The summed E-state index contributed by atoms with van der Waals surface area (Å²) < 4.78 is 0. The van der Waals surface area contributed by atoms with Crippen molar-refractivity contribution >= 4 is 6.71 Å². The molecular formula is C20H35B. The molecule has 118 valence electrons. The molecular weight excluding hydrogens is 251 g/mol. The van der Waals surface area contributed by atoms with E-state index in [0.717, 1.165) is 24.3 Å². The summed E-state index contributed by atoms with van der Waals surface area (Å²) in [5, 5.41) is 0. The summed E-state index contributed by atoms with van der Waals surface area (Å²) in [6.45, 7) is 0.938. The Morgan fingerprint density at radius 2 is 0.952 bits per heavy atom. The molecule has 0 bridgehead atoms. The highest BCUT2D eigenvalue weighted by atomic mass is 14.2. The summed E-state index contributed by atoms with van der Waals surface area (Å²) in [5.41, 5.74) is 0. The van der Waals surface area contributed by atoms with Crippen molar-refractivity contribution < 1.29 is 0 Å². The Morgan fingerprint density at radius 1 is 0.524 bits per heavy atom. The molecule has 0 unspecified atom stereocenters. The second-order valence-electron chi connectivity index (χ2n) is 8.16. The smallest absolute Gasteiger partial charge is 0.118 e. The monoisotopic (exact) mass is 286 g/mol. The van der Waals surface area contributed by atoms with E-state index in [1.807, 2.05) is 0 Å². The van der Waals surface area contributed by atoms with Gasteiger partial charge in [0, 0.05) is 0 Å². The molecule has 0 spiro atoms. The van der Waals surface area contributed by atoms with Crippen molar-refractivity contribution in [3.05, 3.63) is 12.1 Å². The molecule has 0 aromatic carbocycles. The average molecular weight is 286 g/mol. The van der Waals surface area contributed by atoms with Crippen molar-refractivity contribution in [2.45, 2.75) is 108 Å². The molecule has 3 aliphatic carbocycles. The van der Waals surface area contributed by atoms with Gasteiger partial charge in [0.15, 0.2) is 6.71 Å². The summed E-state index contributed by atoms with van der Waals surface area (Å²) in [6, 6.07) is 0. The zero-order valence-corrected chi connectivity index (χ0v) is 14.1. The van der Waals surface area contributed by atoms with Gasteiger partial charge in [0.1, 0.15) is 0 Å². The zero-order chi connectivity index (χ0) is 14.3. The fourth-order valence-corrected chi connectivity index (χ4v) is 5.35. The molecule has 0 atom stereocenters. The summed E-state index contributed by atoms with van der Waals surface area (Å²) >= 11 is 0. The van der Waals surface area contributed by atoms with Crippen LogP contribution in [0.4, 0.5) is 0 Å². The van der Waals surface area contributed by atoms with Crippen molar-refractivity contribution in [2.75, 3.05) is 0 Å². The van der Waals surface area contributed by atoms with E-state index in [1.165, 1.54) is 96.3 Å². The number of rotatable bonds is 4. The molecule has 0 radical (unpaired) electrons. The SMILES string of the molecule is C(=C\C1CCCCC1)/B(C1CCCCC1)C1CCCCC1. The van der Waals surface area contributed by atoms with E-state index in [1.54, 1.807) is 0 Å². The molecule has 0 heterocycles. The van der Waals surface area contributed by atoms with Gasteiger partial charge < -0.3 is 0 Å². The normalized spacial score (nSPS) is 27.2. The lowest BCUT2D eigenvalue weighted by Crippen LogP contribution is -2.28. The maximum atomic E-state index is 2.74. The maximum absolute atomic E-state index is 2.74. The first-order valence-corrected chi connectivity index (χ1v) is 10.1. The van der Waals surface area contributed by atoms with Gasteiger partial charge >= 0.3 is 0 Å². The summed E-state index contributed by atoms with van der Waals surface area (Å²) in [6.07, 6.45) is 25.2. The zero-order valence-electron chi connectivity index (χ0n) is 14.1. The van der Waals surface area contributed by atoms with Crippen LogP contribution in [-0.4, -0.2) is 6.71 Å². The lowest BCUT2D eigenvalue weighted by molar-refractivity contribution is 0.419. The van der Waals surface area contributed by atoms with Crippen LogP contribution in [0.2, 0.25) is 11.6 Å². The lowest BCUT2D eigenvalue weighted by Gasteiger charge is -2.34. The van der Waals surface area contributed by atoms with Gasteiger partial charge in [0.05, 0.1) is 0 Å². The largest absolute Gasteiger partial charge is 0.172 e. The van der Waals surface area contributed by atoms with E-state index >= 15 is 0 Å². The lowest BCUT2D eigenvalue weighted by atomic mass is 9.30. The van der Waals surface area contributed by atoms with E-state index in [9.17, 15) is 0 Å². The molecule has 0 aromatic heterocycles. The summed E-state index contributed by atoms with van der Waals surface area (Å²) in [4.78, 5) is 0. The van der Waals surface area contributed by atoms with Crippen molar-refractivity contribution in [3.63, 3.8) is 0 Å². The molecule has 3 saturated carbocycles. The van der Waals surface area contributed by atoms with Gasteiger partial charge in [0.2, 0.25) is 0 Å². The van der Waals surface area contributed by atoms with Gasteiger partial charge in [-0.1, -0.05) is 101 Å². The van der Waals surface area contributed by atoms with Gasteiger partial charge in [0.25, 0.3) is 0 Å². The Morgan fingerprint density at radius 3 is 1.43 bits per heavy atom. The number of allylic oxidation sites excluding steroid dienone is 1. The van der Waals surface area contributed by atoms with Crippen molar-refractivity contribution in [1.82, 2.24) is 0 Å². The van der Waals surface area contributed by atoms with E-state index in [-0.39, 0.29) is 0 Å². The van der Waals surface area contributed by atoms with Gasteiger partial charge in [-0.3, -0.25) is 0 Å².